The molecule has 0 fully saturated rings. The summed E-state index contributed by atoms with van der Waals surface area (Å²) < 4.78 is 6.88. The number of anilines is 6. The molecule has 0 aliphatic heterocycles. The molecule has 73 heavy (non-hydrogen) atoms. The minimum absolute atomic E-state index is 0.863. The van der Waals surface area contributed by atoms with Crippen LogP contribution in [-0.2, 0) is 0 Å². The fraction of sp³-hybridized carbons (Fsp3) is 0.0286. The normalized spacial score (nSPS) is 11.4. The van der Waals surface area contributed by atoms with Gasteiger partial charge in [0, 0.05) is 44.6 Å². The molecule has 1 heterocycles. The molecule has 12 aromatic carbocycles. The molecule has 0 radical (unpaired) electrons. The van der Waals surface area contributed by atoms with E-state index in [1.54, 1.807) is 0 Å². The molecule has 0 atom stereocenters. The van der Waals surface area contributed by atoms with Crippen molar-refractivity contribution in [2.75, 3.05) is 9.80 Å². The highest BCUT2D eigenvalue weighted by Gasteiger charge is 2.23. The van der Waals surface area contributed by atoms with Crippen LogP contribution in [-0.4, -0.2) is 0 Å². The third-order valence-electron chi connectivity index (χ3n) is 14.4. The molecular formula is C70H50N2O. The Labute approximate surface area is 426 Å². The Morgan fingerprint density at radius 1 is 0.260 bits per heavy atom. The summed E-state index contributed by atoms with van der Waals surface area (Å²) in [4.78, 5) is 4.83. The number of rotatable bonds is 10. The van der Waals surface area contributed by atoms with Crippen LogP contribution in [0.5, 0.6) is 0 Å². The van der Waals surface area contributed by atoms with Crippen molar-refractivity contribution < 1.29 is 4.42 Å². The summed E-state index contributed by atoms with van der Waals surface area (Å²) in [6.45, 7) is 4.43. The van der Waals surface area contributed by atoms with Crippen LogP contribution >= 0.6 is 0 Å². The van der Waals surface area contributed by atoms with Crippen molar-refractivity contribution in [2.24, 2.45) is 0 Å². The molecule has 0 N–H and O–H groups in total. The molecule has 13 rings (SSSR count). The van der Waals surface area contributed by atoms with Gasteiger partial charge in [-0.2, -0.15) is 0 Å². The van der Waals surface area contributed by atoms with Crippen LogP contribution in [0.25, 0.3) is 88.0 Å². The van der Waals surface area contributed by atoms with Crippen LogP contribution in [0, 0.1) is 13.8 Å². The fourth-order valence-corrected chi connectivity index (χ4v) is 10.8. The standard InChI is InChI=1S/C70H50N2O/c1-47-17-15-27-63(53-23-11-5-12-24-53)69(47)71(59-35-29-51(30-36-59)49-19-7-3-8-20-49)61-39-33-55-43-65-66-44-56-34-40-62(42-58(56)46-68(66)73-67(65)45-57(55)41-61)72(60-37-31-52(32-38-60)50-21-9-4-10-22-50)70-48(2)18-16-28-64(70)54-25-13-6-14-26-54/h3-46H,1-2H3. The first kappa shape index (κ1) is 43.6. The number of aryl methyl sites for hydroxylation is 2. The predicted molar refractivity (Wildman–Crippen MR) is 309 cm³/mol. The van der Waals surface area contributed by atoms with E-state index in [0.717, 1.165) is 77.6 Å². The van der Waals surface area contributed by atoms with Crippen molar-refractivity contribution in [2.45, 2.75) is 13.8 Å². The van der Waals surface area contributed by atoms with Gasteiger partial charge in [0.15, 0.2) is 0 Å². The first-order valence-electron chi connectivity index (χ1n) is 25.1. The lowest BCUT2D eigenvalue weighted by Gasteiger charge is -2.30. The van der Waals surface area contributed by atoms with Crippen LogP contribution in [0.4, 0.5) is 34.1 Å². The number of hydrogen-bond donors (Lipinski definition) is 0. The second-order valence-corrected chi connectivity index (χ2v) is 19.0. The molecule has 0 saturated heterocycles. The second-order valence-electron chi connectivity index (χ2n) is 19.0. The van der Waals surface area contributed by atoms with Gasteiger partial charge in [-0.25, -0.2) is 0 Å². The number of benzene rings is 12. The summed E-state index contributed by atoms with van der Waals surface area (Å²) in [5.74, 6) is 0. The Hall–Kier alpha value is -9.44. The van der Waals surface area contributed by atoms with E-state index in [4.69, 9.17) is 4.42 Å². The highest BCUT2D eigenvalue weighted by atomic mass is 16.3. The van der Waals surface area contributed by atoms with E-state index >= 15 is 0 Å². The number of nitrogens with zero attached hydrogens (tertiary/aromatic N) is 2. The smallest absolute Gasteiger partial charge is 0.136 e. The van der Waals surface area contributed by atoms with Crippen LogP contribution in [0.3, 0.4) is 0 Å². The molecule has 0 aliphatic rings. The zero-order chi connectivity index (χ0) is 48.8. The maximum absolute atomic E-state index is 6.88. The van der Waals surface area contributed by atoms with Crippen molar-refractivity contribution in [3.8, 4) is 44.5 Å². The van der Waals surface area contributed by atoms with Gasteiger partial charge in [0.1, 0.15) is 11.2 Å². The topological polar surface area (TPSA) is 19.6 Å². The Balaban J connectivity index is 0.928. The Kier molecular flexibility index (Phi) is 11.0. The minimum atomic E-state index is 0.863. The third kappa shape index (κ3) is 8.08. The van der Waals surface area contributed by atoms with Crippen molar-refractivity contribution in [3.63, 3.8) is 0 Å². The average molecular weight is 935 g/mol. The summed E-state index contributed by atoms with van der Waals surface area (Å²) in [7, 11) is 0. The molecule has 3 heteroatoms. The van der Waals surface area contributed by atoms with Gasteiger partial charge in [-0.3, -0.25) is 0 Å². The van der Waals surface area contributed by atoms with Gasteiger partial charge in [-0.15, -0.1) is 0 Å². The molecule has 13 aromatic rings. The summed E-state index contributed by atoms with van der Waals surface area (Å²) in [6, 6.07) is 96.4. The first-order valence-corrected chi connectivity index (χ1v) is 25.1. The zero-order valence-corrected chi connectivity index (χ0v) is 40.7. The molecule has 0 amide bonds. The van der Waals surface area contributed by atoms with Crippen molar-refractivity contribution >= 4 is 77.6 Å². The summed E-state index contributed by atoms with van der Waals surface area (Å²) in [6.07, 6.45) is 0. The monoisotopic (exact) mass is 934 g/mol. The van der Waals surface area contributed by atoms with Crippen LogP contribution in [0.15, 0.2) is 271 Å². The maximum atomic E-state index is 6.88. The molecule has 346 valence electrons. The number of para-hydroxylation sites is 2. The number of hydrogen-bond acceptors (Lipinski definition) is 3. The van der Waals surface area contributed by atoms with E-state index in [-0.39, 0.29) is 0 Å². The van der Waals surface area contributed by atoms with E-state index in [1.807, 2.05) is 0 Å². The summed E-state index contributed by atoms with van der Waals surface area (Å²) in [5.41, 5.74) is 20.2. The Morgan fingerprint density at radius 3 is 0.986 bits per heavy atom. The Morgan fingerprint density at radius 2 is 0.603 bits per heavy atom. The molecule has 0 saturated carbocycles. The fourth-order valence-electron chi connectivity index (χ4n) is 10.8. The van der Waals surface area contributed by atoms with Crippen LogP contribution in [0.2, 0.25) is 0 Å². The summed E-state index contributed by atoms with van der Waals surface area (Å²) in [5, 5.41) is 6.74. The third-order valence-corrected chi connectivity index (χ3v) is 14.4. The minimum Gasteiger partial charge on any atom is -0.456 e. The quantitative estimate of drug-likeness (QED) is 0.136. The molecule has 1 aromatic heterocycles. The average Bonchev–Trinajstić information content (AvgIpc) is 3.79. The predicted octanol–water partition coefficient (Wildman–Crippen LogP) is 20.1. The van der Waals surface area contributed by atoms with E-state index in [9.17, 15) is 0 Å². The lowest BCUT2D eigenvalue weighted by atomic mass is 9.97. The van der Waals surface area contributed by atoms with Gasteiger partial charge < -0.3 is 14.2 Å². The van der Waals surface area contributed by atoms with Gasteiger partial charge in [-0.05, 0) is 153 Å². The van der Waals surface area contributed by atoms with E-state index in [1.165, 1.54) is 55.6 Å². The van der Waals surface area contributed by atoms with Crippen LogP contribution < -0.4 is 9.80 Å². The van der Waals surface area contributed by atoms with E-state index in [2.05, 4.69) is 291 Å². The molecule has 3 nitrogen and oxygen atoms in total. The van der Waals surface area contributed by atoms with Crippen molar-refractivity contribution in [3.05, 3.63) is 278 Å². The molecule has 0 spiro atoms. The van der Waals surface area contributed by atoms with E-state index in [0.29, 0.717) is 0 Å². The molecule has 0 bridgehead atoms. The Bertz CT molecular complexity index is 3860. The van der Waals surface area contributed by atoms with Gasteiger partial charge in [0.2, 0.25) is 0 Å². The molecule has 0 aliphatic carbocycles. The lowest BCUT2D eigenvalue weighted by Crippen LogP contribution is -2.12. The highest BCUT2D eigenvalue weighted by molar-refractivity contribution is 6.14. The van der Waals surface area contributed by atoms with Crippen molar-refractivity contribution in [1.29, 1.82) is 0 Å². The first-order chi connectivity index (χ1) is 36.0. The number of furan rings is 1. The second kappa shape index (κ2) is 18.4. The van der Waals surface area contributed by atoms with Crippen LogP contribution in [0.1, 0.15) is 11.1 Å². The number of fused-ring (bicyclic) bond motifs is 5. The maximum Gasteiger partial charge on any atom is 0.136 e. The van der Waals surface area contributed by atoms with Gasteiger partial charge >= 0.3 is 0 Å². The van der Waals surface area contributed by atoms with Gasteiger partial charge in [0.25, 0.3) is 0 Å². The van der Waals surface area contributed by atoms with E-state index < -0.39 is 0 Å². The molecule has 0 unspecified atom stereocenters. The molecular weight excluding hydrogens is 885 g/mol. The van der Waals surface area contributed by atoms with Crippen molar-refractivity contribution in [1.82, 2.24) is 0 Å². The highest BCUT2D eigenvalue weighted by Crippen LogP contribution is 2.47. The van der Waals surface area contributed by atoms with Gasteiger partial charge in [-0.1, -0.05) is 194 Å². The zero-order valence-electron chi connectivity index (χ0n) is 40.7. The summed E-state index contributed by atoms with van der Waals surface area (Å²) >= 11 is 0. The largest absolute Gasteiger partial charge is 0.456 e. The van der Waals surface area contributed by atoms with Gasteiger partial charge in [0.05, 0.1) is 11.4 Å². The SMILES string of the molecule is Cc1cccc(-c2ccccc2)c1N(c1ccc(-c2ccccc2)cc1)c1ccc2cc3c(cc2c1)oc1cc2cc(N(c4ccc(-c5ccccc5)cc4)c4c(C)cccc4-c4ccccc4)ccc2cc13. The lowest BCUT2D eigenvalue weighted by molar-refractivity contribution is 0.670.